The molecule has 0 radical (unpaired) electrons. The van der Waals surface area contributed by atoms with E-state index in [4.69, 9.17) is 5.26 Å². The average molecular weight is 204 g/mol. The smallest absolute Gasteiger partial charge is 0.142 e. The van der Waals surface area contributed by atoms with Gasteiger partial charge in [0, 0.05) is 18.9 Å². The third-order valence-corrected chi connectivity index (χ3v) is 2.18. The lowest BCUT2D eigenvalue weighted by Gasteiger charge is -2.20. The fourth-order valence-electron chi connectivity index (χ4n) is 1.35. The summed E-state index contributed by atoms with van der Waals surface area (Å²) < 4.78 is 0. The van der Waals surface area contributed by atoms with Crippen LogP contribution in [0.25, 0.3) is 0 Å². The molecule has 1 atom stereocenters. The highest BCUT2D eigenvalue weighted by Crippen LogP contribution is 2.02. The van der Waals surface area contributed by atoms with E-state index in [1.807, 2.05) is 6.92 Å². The topological polar surface area (TPSA) is 52.8 Å². The zero-order valence-corrected chi connectivity index (χ0v) is 9.22. The lowest BCUT2D eigenvalue weighted by Crippen LogP contribution is -2.28. The minimum atomic E-state index is 0.0497. The van der Waals surface area contributed by atoms with Crippen molar-refractivity contribution in [3.8, 4) is 6.07 Å². The Labute approximate surface area is 90.6 Å². The fraction of sp³-hybridized carbons (Fsp3) is 0.545. The van der Waals surface area contributed by atoms with Crippen molar-refractivity contribution < 1.29 is 0 Å². The first-order valence-electron chi connectivity index (χ1n) is 5.14. The molecule has 80 valence electrons. The molecule has 0 fully saturated rings. The van der Waals surface area contributed by atoms with Crippen molar-refractivity contribution in [3.05, 3.63) is 24.3 Å². The molecule has 15 heavy (non-hydrogen) atoms. The first kappa shape index (κ1) is 11.6. The van der Waals surface area contributed by atoms with E-state index in [1.54, 1.807) is 18.5 Å². The minimum absolute atomic E-state index is 0.0497. The van der Waals surface area contributed by atoms with Crippen molar-refractivity contribution in [1.29, 1.82) is 5.26 Å². The summed E-state index contributed by atoms with van der Waals surface area (Å²) in [6, 6.07) is 4.04. The summed E-state index contributed by atoms with van der Waals surface area (Å²) in [5, 5.41) is 8.74. The predicted octanol–water partition coefficient (Wildman–Crippen LogP) is 1.46. The molecular formula is C11H16N4. The first-order valence-corrected chi connectivity index (χ1v) is 5.14. The summed E-state index contributed by atoms with van der Waals surface area (Å²) in [6.07, 6.45) is 3.48. The molecule has 0 amide bonds. The van der Waals surface area contributed by atoms with Gasteiger partial charge in [-0.05, 0) is 19.5 Å². The van der Waals surface area contributed by atoms with Gasteiger partial charge in [0.15, 0.2) is 0 Å². The van der Waals surface area contributed by atoms with Crippen LogP contribution >= 0.6 is 0 Å². The van der Waals surface area contributed by atoms with Crippen molar-refractivity contribution in [2.24, 2.45) is 5.92 Å². The molecule has 4 heteroatoms. The average Bonchev–Trinajstić information content (AvgIpc) is 2.29. The van der Waals surface area contributed by atoms with Crippen molar-refractivity contribution >= 4 is 0 Å². The monoisotopic (exact) mass is 204 g/mol. The van der Waals surface area contributed by atoms with Gasteiger partial charge in [0.2, 0.25) is 0 Å². The highest BCUT2D eigenvalue weighted by molar-refractivity contribution is 4.89. The van der Waals surface area contributed by atoms with Crippen LogP contribution in [0, 0.1) is 17.2 Å². The Morgan fingerprint density at radius 2 is 2.13 bits per heavy atom. The third kappa shape index (κ3) is 4.05. The number of nitrogens with zero attached hydrogens (tertiary/aromatic N) is 4. The van der Waals surface area contributed by atoms with Crippen LogP contribution in [0.1, 0.15) is 19.7 Å². The summed E-state index contributed by atoms with van der Waals surface area (Å²) in [4.78, 5) is 10.5. The molecule has 0 N–H and O–H groups in total. The van der Waals surface area contributed by atoms with Gasteiger partial charge >= 0.3 is 0 Å². The standard InChI is InChI=1S/C11H16N4/c1-3-15(8-10(2)7-12)9-11-13-5-4-6-14-11/h4-6,10H,3,8-9H2,1-2H3. The first-order chi connectivity index (χ1) is 7.26. The van der Waals surface area contributed by atoms with E-state index >= 15 is 0 Å². The van der Waals surface area contributed by atoms with Gasteiger partial charge in [-0.25, -0.2) is 9.97 Å². The Morgan fingerprint density at radius 3 is 2.67 bits per heavy atom. The lowest BCUT2D eigenvalue weighted by molar-refractivity contribution is 0.254. The number of hydrogen-bond acceptors (Lipinski definition) is 4. The normalized spacial score (nSPS) is 12.4. The van der Waals surface area contributed by atoms with E-state index < -0.39 is 0 Å². The number of hydrogen-bond donors (Lipinski definition) is 0. The van der Waals surface area contributed by atoms with Gasteiger partial charge in [0.05, 0.1) is 18.5 Å². The molecule has 0 saturated heterocycles. The zero-order valence-electron chi connectivity index (χ0n) is 9.22. The van der Waals surface area contributed by atoms with Crippen LogP contribution in [-0.2, 0) is 6.54 Å². The molecular weight excluding hydrogens is 188 g/mol. The van der Waals surface area contributed by atoms with Crippen LogP contribution in [0.15, 0.2) is 18.5 Å². The van der Waals surface area contributed by atoms with Crippen molar-refractivity contribution in [3.63, 3.8) is 0 Å². The number of rotatable bonds is 5. The van der Waals surface area contributed by atoms with Gasteiger partial charge in [-0.1, -0.05) is 6.92 Å². The largest absolute Gasteiger partial charge is 0.295 e. The molecule has 0 aromatic carbocycles. The van der Waals surface area contributed by atoms with Gasteiger partial charge in [-0.3, -0.25) is 4.90 Å². The Bertz CT molecular complexity index is 317. The minimum Gasteiger partial charge on any atom is -0.295 e. The second kappa shape index (κ2) is 6.10. The van der Waals surface area contributed by atoms with E-state index in [0.29, 0.717) is 6.54 Å². The van der Waals surface area contributed by atoms with Crippen LogP contribution in [0.3, 0.4) is 0 Å². The molecule has 1 aromatic heterocycles. The van der Waals surface area contributed by atoms with Gasteiger partial charge in [0.25, 0.3) is 0 Å². The molecule has 0 aliphatic carbocycles. The van der Waals surface area contributed by atoms with Crippen LogP contribution in [0.4, 0.5) is 0 Å². The second-order valence-corrected chi connectivity index (χ2v) is 3.52. The molecule has 0 bridgehead atoms. The van der Waals surface area contributed by atoms with Crippen molar-refractivity contribution in [2.75, 3.05) is 13.1 Å². The SMILES string of the molecule is CCN(Cc1ncccn1)CC(C)C#N. The van der Waals surface area contributed by atoms with E-state index in [-0.39, 0.29) is 5.92 Å². The van der Waals surface area contributed by atoms with E-state index in [1.165, 1.54) is 0 Å². The summed E-state index contributed by atoms with van der Waals surface area (Å²) in [5.74, 6) is 0.859. The van der Waals surface area contributed by atoms with Gasteiger partial charge in [-0.15, -0.1) is 0 Å². The van der Waals surface area contributed by atoms with E-state index in [9.17, 15) is 0 Å². The molecule has 4 nitrogen and oxygen atoms in total. The second-order valence-electron chi connectivity index (χ2n) is 3.52. The maximum absolute atomic E-state index is 8.74. The highest BCUT2D eigenvalue weighted by Gasteiger charge is 2.09. The Kier molecular flexibility index (Phi) is 4.72. The molecule has 1 heterocycles. The summed E-state index contributed by atoms with van der Waals surface area (Å²) >= 11 is 0. The third-order valence-electron chi connectivity index (χ3n) is 2.18. The molecule has 0 spiro atoms. The highest BCUT2D eigenvalue weighted by atomic mass is 15.1. The van der Waals surface area contributed by atoms with E-state index in [2.05, 4.69) is 27.9 Å². The zero-order chi connectivity index (χ0) is 11.1. The van der Waals surface area contributed by atoms with Gasteiger partial charge in [-0.2, -0.15) is 5.26 Å². The van der Waals surface area contributed by atoms with Crippen LogP contribution < -0.4 is 0 Å². The van der Waals surface area contributed by atoms with Crippen molar-refractivity contribution in [2.45, 2.75) is 20.4 Å². The molecule has 1 aromatic rings. The Hall–Kier alpha value is -1.47. The molecule has 1 rings (SSSR count). The molecule has 0 saturated carbocycles. The lowest BCUT2D eigenvalue weighted by atomic mass is 10.2. The van der Waals surface area contributed by atoms with Crippen molar-refractivity contribution in [1.82, 2.24) is 14.9 Å². The maximum Gasteiger partial charge on any atom is 0.142 e. The van der Waals surface area contributed by atoms with Gasteiger partial charge < -0.3 is 0 Å². The van der Waals surface area contributed by atoms with E-state index in [0.717, 1.165) is 18.9 Å². The molecule has 1 unspecified atom stereocenters. The van der Waals surface area contributed by atoms with Gasteiger partial charge in [0.1, 0.15) is 5.82 Å². The quantitative estimate of drug-likeness (QED) is 0.728. The molecule has 0 aliphatic rings. The summed E-state index contributed by atoms with van der Waals surface area (Å²) in [5.41, 5.74) is 0. The Balaban J connectivity index is 2.51. The molecule has 0 aliphatic heterocycles. The fourth-order valence-corrected chi connectivity index (χ4v) is 1.35. The number of nitriles is 1. The predicted molar refractivity (Wildman–Crippen MR) is 57.8 cm³/mol. The summed E-state index contributed by atoms with van der Waals surface area (Å²) in [7, 11) is 0. The van der Waals surface area contributed by atoms with Crippen LogP contribution in [0.2, 0.25) is 0 Å². The number of aromatic nitrogens is 2. The Morgan fingerprint density at radius 1 is 1.47 bits per heavy atom. The maximum atomic E-state index is 8.74. The summed E-state index contributed by atoms with van der Waals surface area (Å²) in [6.45, 7) is 6.39. The van der Waals surface area contributed by atoms with Crippen LogP contribution in [-0.4, -0.2) is 28.0 Å². The van der Waals surface area contributed by atoms with Crippen LogP contribution in [0.5, 0.6) is 0 Å².